The molecule has 2 N–H and O–H groups in total. The largest absolute Gasteiger partial charge is 0.497 e. The van der Waals surface area contributed by atoms with Crippen molar-refractivity contribution in [1.82, 2.24) is 5.32 Å². The minimum absolute atomic E-state index is 0.0530. The summed E-state index contributed by atoms with van der Waals surface area (Å²) in [5.74, 6) is 0.633. The number of hydrogen-bond acceptors (Lipinski definition) is 4. The lowest BCUT2D eigenvalue weighted by atomic mass is 10.2. The first-order valence-electron chi connectivity index (χ1n) is 6.14. The van der Waals surface area contributed by atoms with Crippen molar-refractivity contribution in [2.24, 2.45) is 0 Å². The number of methoxy groups -OCH3 is 1. The van der Waals surface area contributed by atoms with Gasteiger partial charge in [-0.15, -0.1) is 0 Å². The number of halogens is 1. The van der Waals surface area contributed by atoms with E-state index >= 15 is 0 Å². The third-order valence-corrected chi connectivity index (χ3v) is 3.27. The average Bonchev–Trinajstić information content (AvgIpc) is 2.38. The van der Waals surface area contributed by atoms with E-state index in [9.17, 15) is 4.79 Å². The van der Waals surface area contributed by atoms with Gasteiger partial charge in [0.25, 0.3) is 0 Å². The normalized spacial score (nSPS) is 18.9. The molecule has 1 unspecified atom stereocenters. The minimum Gasteiger partial charge on any atom is -0.497 e. The van der Waals surface area contributed by atoms with Crippen molar-refractivity contribution in [3.05, 3.63) is 22.7 Å². The van der Waals surface area contributed by atoms with Crippen molar-refractivity contribution < 1.29 is 14.3 Å². The number of nitrogens with one attached hydrogen (secondary N) is 2. The van der Waals surface area contributed by atoms with Gasteiger partial charge in [0.2, 0.25) is 5.91 Å². The van der Waals surface area contributed by atoms with Crippen LogP contribution in [0.25, 0.3) is 0 Å². The number of benzene rings is 1. The van der Waals surface area contributed by atoms with Gasteiger partial charge in [0.05, 0.1) is 26.2 Å². The van der Waals surface area contributed by atoms with Crippen LogP contribution < -0.4 is 15.4 Å². The zero-order valence-corrected chi connectivity index (χ0v) is 12.3. The predicted octanol–water partition coefficient (Wildman–Crippen LogP) is 1.77. The maximum atomic E-state index is 11.9. The molecule has 1 aliphatic rings. The Kier molecular flexibility index (Phi) is 5.18. The van der Waals surface area contributed by atoms with Gasteiger partial charge in [-0.25, -0.2) is 0 Å². The van der Waals surface area contributed by atoms with E-state index in [-0.39, 0.29) is 12.0 Å². The lowest BCUT2D eigenvalue weighted by Crippen LogP contribution is -2.40. The lowest BCUT2D eigenvalue weighted by Gasteiger charge is -2.23. The highest BCUT2D eigenvalue weighted by Crippen LogP contribution is 2.24. The molecule has 6 heteroatoms. The Morgan fingerprint density at radius 1 is 1.58 bits per heavy atom. The third-order valence-electron chi connectivity index (χ3n) is 2.81. The summed E-state index contributed by atoms with van der Waals surface area (Å²) >= 11 is 3.38. The minimum atomic E-state index is -0.0612. The van der Waals surface area contributed by atoms with Crippen molar-refractivity contribution in [3.63, 3.8) is 0 Å². The van der Waals surface area contributed by atoms with Crippen LogP contribution in [-0.2, 0) is 9.53 Å². The van der Waals surface area contributed by atoms with E-state index in [0.29, 0.717) is 24.5 Å². The quantitative estimate of drug-likeness (QED) is 0.884. The maximum absolute atomic E-state index is 11.9. The fourth-order valence-electron chi connectivity index (χ4n) is 1.92. The van der Waals surface area contributed by atoms with E-state index in [1.54, 1.807) is 13.2 Å². The zero-order chi connectivity index (χ0) is 13.7. The molecule has 1 saturated heterocycles. The van der Waals surface area contributed by atoms with E-state index in [1.807, 2.05) is 12.1 Å². The molecule has 0 aliphatic carbocycles. The fraction of sp³-hybridized carbons (Fsp3) is 0.462. The summed E-state index contributed by atoms with van der Waals surface area (Å²) in [6.45, 7) is 2.22. The van der Waals surface area contributed by atoms with Gasteiger partial charge in [-0.3, -0.25) is 4.79 Å². The molecule has 19 heavy (non-hydrogen) atoms. The maximum Gasteiger partial charge on any atom is 0.227 e. The second-order valence-electron chi connectivity index (χ2n) is 4.33. The summed E-state index contributed by atoms with van der Waals surface area (Å²) in [5, 5.41) is 6.05. The molecular weight excluding hydrogens is 312 g/mol. The standard InChI is InChI=1S/C13H17BrN2O3/c1-18-11-5-9(14)4-10(6-11)16-13(17)7-12-8-15-2-3-19-12/h4-6,12,15H,2-3,7-8H2,1H3,(H,16,17). The molecular formula is C13H17BrN2O3. The van der Waals surface area contributed by atoms with E-state index in [2.05, 4.69) is 26.6 Å². The number of rotatable bonds is 4. The van der Waals surface area contributed by atoms with Gasteiger partial charge in [-0.1, -0.05) is 15.9 Å². The molecule has 0 aromatic heterocycles. The van der Waals surface area contributed by atoms with Crippen molar-refractivity contribution in [1.29, 1.82) is 0 Å². The predicted molar refractivity (Wildman–Crippen MR) is 76.6 cm³/mol. The van der Waals surface area contributed by atoms with Crippen LogP contribution in [0.2, 0.25) is 0 Å². The molecule has 0 saturated carbocycles. The van der Waals surface area contributed by atoms with Crippen molar-refractivity contribution in [2.45, 2.75) is 12.5 Å². The van der Waals surface area contributed by atoms with E-state index in [0.717, 1.165) is 17.6 Å². The van der Waals surface area contributed by atoms with E-state index in [4.69, 9.17) is 9.47 Å². The first-order chi connectivity index (χ1) is 9.17. The number of ether oxygens (including phenoxy) is 2. The molecule has 104 valence electrons. The SMILES string of the molecule is COc1cc(Br)cc(NC(=O)CC2CNCCO2)c1. The highest BCUT2D eigenvalue weighted by atomic mass is 79.9. The Bertz CT molecular complexity index is 448. The average molecular weight is 329 g/mol. The Morgan fingerprint density at radius 3 is 3.11 bits per heavy atom. The number of carbonyl (C=O) groups is 1. The molecule has 1 amide bonds. The van der Waals surface area contributed by atoms with E-state index < -0.39 is 0 Å². The summed E-state index contributed by atoms with van der Waals surface area (Å²) in [5.41, 5.74) is 0.708. The fourth-order valence-corrected chi connectivity index (χ4v) is 2.39. The number of morpholine rings is 1. The van der Waals surface area contributed by atoms with E-state index in [1.165, 1.54) is 0 Å². The summed E-state index contributed by atoms with van der Waals surface area (Å²) in [4.78, 5) is 11.9. The number of amides is 1. The summed E-state index contributed by atoms with van der Waals surface area (Å²) < 4.78 is 11.5. The topological polar surface area (TPSA) is 59.6 Å². The van der Waals surface area contributed by atoms with Crippen LogP contribution in [0, 0.1) is 0 Å². The molecule has 5 nitrogen and oxygen atoms in total. The van der Waals surface area contributed by atoms with Gasteiger partial charge in [0, 0.05) is 29.3 Å². The first kappa shape index (κ1) is 14.3. The van der Waals surface area contributed by atoms with Crippen LogP contribution in [0.1, 0.15) is 6.42 Å². The van der Waals surface area contributed by atoms with Crippen LogP contribution in [-0.4, -0.2) is 38.8 Å². The number of hydrogen-bond donors (Lipinski definition) is 2. The zero-order valence-electron chi connectivity index (χ0n) is 10.7. The number of carbonyl (C=O) groups excluding carboxylic acids is 1. The molecule has 2 rings (SSSR count). The van der Waals surface area contributed by atoms with Gasteiger partial charge in [-0.05, 0) is 12.1 Å². The Morgan fingerprint density at radius 2 is 2.42 bits per heavy atom. The first-order valence-corrected chi connectivity index (χ1v) is 6.93. The van der Waals surface area contributed by atoms with Gasteiger partial charge in [0.1, 0.15) is 5.75 Å². The smallest absolute Gasteiger partial charge is 0.227 e. The van der Waals surface area contributed by atoms with Crippen molar-refractivity contribution in [3.8, 4) is 5.75 Å². The molecule has 0 bridgehead atoms. The summed E-state index contributed by atoms with van der Waals surface area (Å²) in [6, 6.07) is 5.45. The van der Waals surface area contributed by atoms with Crippen LogP contribution in [0.3, 0.4) is 0 Å². The Balaban J connectivity index is 1.92. The van der Waals surface area contributed by atoms with Crippen LogP contribution in [0.4, 0.5) is 5.69 Å². The number of anilines is 1. The third kappa shape index (κ3) is 4.49. The van der Waals surface area contributed by atoms with Crippen LogP contribution in [0.15, 0.2) is 22.7 Å². The van der Waals surface area contributed by atoms with Gasteiger partial charge < -0.3 is 20.1 Å². The van der Waals surface area contributed by atoms with Gasteiger partial charge >= 0.3 is 0 Å². The molecule has 1 aromatic carbocycles. The second-order valence-corrected chi connectivity index (χ2v) is 5.24. The molecule has 1 fully saturated rings. The molecule has 1 aromatic rings. The Hall–Kier alpha value is -1.11. The highest BCUT2D eigenvalue weighted by molar-refractivity contribution is 9.10. The molecule has 0 radical (unpaired) electrons. The lowest BCUT2D eigenvalue weighted by molar-refractivity contribution is -0.119. The molecule has 1 heterocycles. The molecule has 1 aliphatic heterocycles. The van der Waals surface area contributed by atoms with Crippen LogP contribution in [0.5, 0.6) is 5.75 Å². The van der Waals surface area contributed by atoms with Crippen molar-refractivity contribution >= 4 is 27.5 Å². The Labute approximate surface area is 120 Å². The summed E-state index contributed by atoms with van der Waals surface area (Å²) in [7, 11) is 1.59. The van der Waals surface area contributed by atoms with Crippen LogP contribution >= 0.6 is 15.9 Å². The van der Waals surface area contributed by atoms with Crippen molar-refractivity contribution in [2.75, 3.05) is 32.1 Å². The molecule has 0 spiro atoms. The van der Waals surface area contributed by atoms with Gasteiger partial charge in [0.15, 0.2) is 0 Å². The highest BCUT2D eigenvalue weighted by Gasteiger charge is 2.17. The summed E-state index contributed by atoms with van der Waals surface area (Å²) in [6.07, 6.45) is 0.296. The van der Waals surface area contributed by atoms with Gasteiger partial charge in [-0.2, -0.15) is 0 Å². The monoisotopic (exact) mass is 328 g/mol. The second kappa shape index (κ2) is 6.88. The molecule has 1 atom stereocenters.